The Labute approximate surface area is 405 Å². The molecule has 18 heteroatoms. The van der Waals surface area contributed by atoms with Gasteiger partial charge >= 0.3 is 23.9 Å². The Bertz CT molecular complexity index is 1370. The van der Waals surface area contributed by atoms with Crippen molar-refractivity contribution < 1.29 is 58.0 Å². The molecular weight excluding hydrogens is 883 g/mol. The fraction of sp³-hybridized carbons (Fsp3) is 0.837. The summed E-state index contributed by atoms with van der Waals surface area (Å²) < 4.78 is 11.3. The van der Waals surface area contributed by atoms with Crippen LogP contribution in [0.5, 0.6) is 0 Å². The predicted octanol–water partition coefficient (Wildman–Crippen LogP) is 7.25. The zero-order valence-corrected chi connectivity index (χ0v) is 42.0. The van der Waals surface area contributed by atoms with E-state index in [9.17, 15) is 38.4 Å². The standard InChI is InChI=1S/C49H89N5O12S/c1-3-5-7-9-11-13-15-17-19-21-23-25-27-29-46(60)65-36-39(66-47(61)30-28-26-24-22-20-18-16-14-12-10-8-6-4-2)37-67-38-40(50)48(62)53-34-43(56)51-33-42(55)52-35-44(57)54-41(49(63)64)31-32-45(58)59/h39-41H,3-38,50H2,1-2H3,(H,51,56)(H,52,55)(H,53,62)(H,54,57)(H,58,59)(H,63,64)/t39-,40-,41-/m0/s1. The molecule has 0 radical (unpaired) electrons. The van der Waals surface area contributed by atoms with Crippen molar-refractivity contribution in [1.29, 1.82) is 0 Å². The molecule has 8 N–H and O–H groups in total. The fourth-order valence-electron chi connectivity index (χ4n) is 7.15. The minimum absolute atomic E-state index is 0.107. The molecule has 0 saturated carbocycles. The molecule has 0 aliphatic carbocycles. The van der Waals surface area contributed by atoms with Crippen LogP contribution < -0.4 is 27.0 Å². The number of thioether (sulfide) groups is 1. The van der Waals surface area contributed by atoms with E-state index in [2.05, 4.69) is 35.1 Å². The van der Waals surface area contributed by atoms with Gasteiger partial charge in [-0.05, 0) is 19.3 Å². The van der Waals surface area contributed by atoms with E-state index < -0.39 is 79.8 Å². The van der Waals surface area contributed by atoms with Gasteiger partial charge in [-0.25, -0.2) is 4.79 Å². The van der Waals surface area contributed by atoms with Crippen LogP contribution in [-0.4, -0.2) is 114 Å². The molecule has 0 bridgehead atoms. The van der Waals surface area contributed by atoms with Crippen molar-refractivity contribution in [3.8, 4) is 0 Å². The number of hydrogen-bond acceptors (Lipinski definition) is 12. The molecule has 0 spiro atoms. The van der Waals surface area contributed by atoms with Crippen molar-refractivity contribution in [2.45, 2.75) is 225 Å². The molecule has 0 aromatic carbocycles. The van der Waals surface area contributed by atoms with E-state index >= 15 is 0 Å². The third-order valence-corrected chi connectivity index (χ3v) is 12.4. The highest BCUT2D eigenvalue weighted by atomic mass is 32.2. The van der Waals surface area contributed by atoms with Gasteiger partial charge in [0.1, 0.15) is 18.8 Å². The van der Waals surface area contributed by atoms with Crippen molar-refractivity contribution in [3.63, 3.8) is 0 Å². The summed E-state index contributed by atoms with van der Waals surface area (Å²) in [5.74, 6) is -6.04. The molecule has 0 aliphatic heterocycles. The molecular formula is C49H89N5O12S. The summed E-state index contributed by atoms with van der Waals surface area (Å²) in [6, 6.07) is -2.49. The Hall–Kier alpha value is -3.93. The molecule has 0 aromatic rings. The minimum atomic E-state index is -1.45. The summed E-state index contributed by atoms with van der Waals surface area (Å²) in [5, 5.41) is 26.9. The van der Waals surface area contributed by atoms with Crippen molar-refractivity contribution >= 4 is 59.3 Å². The first-order valence-electron chi connectivity index (χ1n) is 25.5. The van der Waals surface area contributed by atoms with Crippen LogP contribution in [-0.2, 0) is 47.8 Å². The predicted molar refractivity (Wildman–Crippen MR) is 262 cm³/mol. The molecule has 4 amide bonds. The van der Waals surface area contributed by atoms with E-state index in [-0.39, 0.29) is 49.3 Å². The van der Waals surface area contributed by atoms with Gasteiger partial charge in [-0.1, -0.05) is 168 Å². The first-order valence-corrected chi connectivity index (χ1v) is 26.7. The lowest BCUT2D eigenvalue weighted by molar-refractivity contribution is -0.157. The highest BCUT2D eigenvalue weighted by Crippen LogP contribution is 2.16. The van der Waals surface area contributed by atoms with Crippen LogP contribution in [0.2, 0.25) is 0 Å². The summed E-state index contributed by atoms with van der Waals surface area (Å²) in [5.41, 5.74) is 6.07. The van der Waals surface area contributed by atoms with Gasteiger partial charge < -0.3 is 46.7 Å². The number of amides is 4. The van der Waals surface area contributed by atoms with Crippen LogP contribution >= 0.6 is 11.8 Å². The topological polar surface area (TPSA) is 270 Å². The van der Waals surface area contributed by atoms with E-state index in [0.29, 0.717) is 6.42 Å². The second-order valence-corrected chi connectivity index (χ2v) is 18.7. The van der Waals surface area contributed by atoms with E-state index in [1.807, 2.05) is 0 Å². The molecule has 0 fully saturated rings. The molecule has 0 saturated heterocycles. The van der Waals surface area contributed by atoms with E-state index in [1.54, 1.807) is 0 Å². The Morgan fingerprint density at radius 2 is 0.910 bits per heavy atom. The number of hydrogen-bond donors (Lipinski definition) is 7. The van der Waals surface area contributed by atoms with Gasteiger partial charge in [0.15, 0.2) is 0 Å². The number of aliphatic carboxylic acids is 2. The average Bonchev–Trinajstić information content (AvgIpc) is 3.29. The Balaban J connectivity index is 4.70. The maximum absolute atomic E-state index is 12.8. The number of ether oxygens (including phenoxy) is 2. The molecule has 0 unspecified atom stereocenters. The smallest absolute Gasteiger partial charge is 0.326 e. The van der Waals surface area contributed by atoms with E-state index in [0.717, 1.165) is 44.9 Å². The number of unbranched alkanes of at least 4 members (excludes halogenated alkanes) is 24. The van der Waals surface area contributed by atoms with Crippen LogP contribution in [0, 0.1) is 0 Å². The number of nitrogens with one attached hydrogen (secondary N) is 4. The lowest BCUT2D eigenvalue weighted by Crippen LogP contribution is -2.49. The summed E-state index contributed by atoms with van der Waals surface area (Å²) in [4.78, 5) is 96.4. The quantitative estimate of drug-likeness (QED) is 0.0234. The van der Waals surface area contributed by atoms with Crippen LogP contribution in [0.1, 0.15) is 206 Å². The lowest BCUT2D eigenvalue weighted by atomic mass is 10.0. The summed E-state index contributed by atoms with van der Waals surface area (Å²) in [7, 11) is 0. The first-order chi connectivity index (χ1) is 32.3. The zero-order chi connectivity index (χ0) is 49.8. The van der Waals surface area contributed by atoms with Gasteiger partial charge in [0.05, 0.1) is 25.7 Å². The third-order valence-electron chi connectivity index (χ3n) is 11.2. The van der Waals surface area contributed by atoms with Gasteiger partial charge in [0.2, 0.25) is 23.6 Å². The summed E-state index contributed by atoms with van der Waals surface area (Å²) in [6.45, 7) is 2.70. The van der Waals surface area contributed by atoms with Crippen molar-refractivity contribution in [3.05, 3.63) is 0 Å². The zero-order valence-electron chi connectivity index (χ0n) is 41.2. The Kier molecular flexibility index (Phi) is 42.0. The Morgan fingerprint density at radius 1 is 0.507 bits per heavy atom. The number of nitrogens with two attached hydrogens (primary N) is 1. The maximum atomic E-state index is 12.8. The number of carbonyl (C=O) groups is 8. The van der Waals surface area contributed by atoms with Crippen LogP contribution in [0.15, 0.2) is 0 Å². The first kappa shape index (κ1) is 63.1. The number of esters is 2. The van der Waals surface area contributed by atoms with Crippen molar-refractivity contribution in [2.24, 2.45) is 5.73 Å². The van der Waals surface area contributed by atoms with Crippen LogP contribution in [0.25, 0.3) is 0 Å². The van der Waals surface area contributed by atoms with E-state index in [4.69, 9.17) is 25.4 Å². The minimum Gasteiger partial charge on any atom is -0.481 e. The highest BCUT2D eigenvalue weighted by Gasteiger charge is 2.22. The average molecular weight is 972 g/mol. The maximum Gasteiger partial charge on any atom is 0.326 e. The van der Waals surface area contributed by atoms with Gasteiger partial charge in [0.25, 0.3) is 0 Å². The van der Waals surface area contributed by atoms with Gasteiger partial charge in [-0.2, -0.15) is 11.8 Å². The fourth-order valence-corrected chi connectivity index (χ4v) is 8.12. The summed E-state index contributed by atoms with van der Waals surface area (Å²) >= 11 is 1.24. The largest absolute Gasteiger partial charge is 0.481 e. The third kappa shape index (κ3) is 41.9. The number of rotatable bonds is 47. The van der Waals surface area contributed by atoms with E-state index in [1.165, 1.54) is 127 Å². The number of carbonyl (C=O) groups excluding carboxylic acids is 6. The molecule has 0 heterocycles. The number of carboxylic acid groups (broad SMARTS) is 2. The molecule has 388 valence electrons. The molecule has 0 aliphatic rings. The van der Waals surface area contributed by atoms with Crippen LogP contribution in [0.4, 0.5) is 0 Å². The number of carboxylic acids is 2. The monoisotopic (exact) mass is 972 g/mol. The molecule has 0 aromatic heterocycles. The summed E-state index contributed by atoms with van der Waals surface area (Å²) in [6.07, 6.45) is 30.1. The van der Waals surface area contributed by atoms with Gasteiger partial charge in [-0.3, -0.25) is 33.6 Å². The second kappa shape index (κ2) is 44.6. The lowest BCUT2D eigenvalue weighted by Gasteiger charge is -2.19. The molecule has 17 nitrogen and oxygen atoms in total. The molecule has 0 rings (SSSR count). The second-order valence-electron chi connectivity index (χ2n) is 17.6. The van der Waals surface area contributed by atoms with Gasteiger partial charge in [-0.15, -0.1) is 0 Å². The van der Waals surface area contributed by atoms with Crippen molar-refractivity contribution in [1.82, 2.24) is 21.3 Å². The van der Waals surface area contributed by atoms with Crippen LogP contribution in [0.3, 0.4) is 0 Å². The highest BCUT2D eigenvalue weighted by molar-refractivity contribution is 7.99. The Morgan fingerprint density at radius 3 is 1.34 bits per heavy atom. The molecule has 3 atom stereocenters. The molecule has 67 heavy (non-hydrogen) atoms. The van der Waals surface area contributed by atoms with Crippen molar-refractivity contribution in [2.75, 3.05) is 37.7 Å². The SMILES string of the molecule is CCCCCCCCCCCCCCCC(=O)OC[C@@H](CSC[C@H](N)C(=O)NCC(=O)NCC(=O)NCC(=O)N[C@@H](CCC(=O)O)C(=O)O)OC(=O)CCCCCCCCCCCCCCC. The van der Waals surface area contributed by atoms with Gasteiger partial charge in [0, 0.05) is 30.8 Å². The normalized spacial score (nSPS) is 12.3.